The maximum atomic E-state index is 6.50. The van der Waals surface area contributed by atoms with Gasteiger partial charge in [-0.1, -0.05) is 6.92 Å². The molecule has 5 heterocycles. The highest BCUT2D eigenvalue weighted by Crippen LogP contribution is 2.31. The summed E-state index contributed by atoms with van der Waals surface area (Å²) in [6, 6.07) is 6.01. The van der Waals surface area contributed by atoms with E-state index in [9.17, 15) is 0 Å². The van der Waals surface area contributed by atoms with E-state index < -0.39 is 0 Å². The van der Waals surface area contributed by atoms with Crippen LogP contribution >= 0.6 is 0 Å². The quantitative estimate of drug-likeness (QED) is 0.716. The Morgan fingerprint density at radius 2 is 2.07 bits per heavy atom. The van der Waals surface area contributed by atoms with Crippen LogP contribution in [0, 0.1) is 5.92 Å². The molecule has 0 bridgehead atoms. The molecule has 2 aliphatic rings. The standard InChI is InChI=1S/C20H25N7O2/c1-14-12-27(20-22-13-23-25-20)6-4-17(14)29-19-15-3-2-5-21-16(15)11-18(24-19)26-7-9-28-10-8-26/h2-3,5,11,13-14,17H,4,6-10,12H2,1H3,(H,22,23,25). The second-order valence-electron chi connectivity index (χ2n) is 7.63. The first-order chi connectivity index (χ1) is 14.3. The van der Waals surface area contributed by atoms with Gasteiger partial charge in [0, 0.05) is 50.8 Å². The highest BCUT2D eigenvalue weighted by Gasteiger charge is 2.30. The van der Waals surface area contributed by atoms with Gasteiger partial charge in [-0.15, -0.1) is 0 Å². The zero-order chi connectivity index (χ0) is 19.6. The molecule has 9 heteroatoms. The van der Waals surface area contributed by atoms with Crippen LogP contribution in [0.15, 0.2) is 30.7 Å². The number of pyridine rings is 2. The number of piperidine rings is 1. The van der Waals surface area contributed by atoms with Gasteiger partial charge in [-0.05, 0) is 12.1 Å². The fraction of sp³-hybridized carbons (Fsp3) is 0.500. The molecule has 2 aliphatic heterocycles. The molecule has 0 aliphatic carbocycles. The summed E-state index contributed by atoms with van der Waals surface area (Å²) in [6.45, 7) is 7.03. The van der Waals surface area contributed by atoms with Crippen LogP contribution in [0.25, 0.3) is 10.9 Å². The normalized spacial score (nSPS) is 22.8. The number of ether oxygens (including phenoxy) is 2. The van der Waals surface area contributed by atoms with E-state index in [-0.39, 0.29) is 6.10 Å². The maximum Gasteiger partial charge on any atom is 0.225 e. The van der Waals surface area contributed by atoms with E-state index in [0.29, 0.717) is 11.8 Å². The third-order valence-electron chi connectivity index (χ3n) is 5.68. The Balaban J connectivity index is 1.39. The van der Waals surface area contributed by atoms with E-state index in [1.165, 1.54) is 0 Å². The molecule has 0 radical (unpaired) electrons. The molecule has 2 unspecified atom stereocenters. The maximum absolute atomic E-state index is 6.50. The van der Waals surface area contributed by atoms with Crippen molar-refractivity contribution >= 4 is 22.7 Å². The first-order valence-corrected chi connectivity index (χ1v) is 10.1. The van der Waals surface area contributed by atoms with Crippen molar-refractivity contribution in [1.29, 1.82) is 0 Å². The van der Waals surface area contributed by atoms with Crippen LogP contribution in [0.4, 0.5) is 11.8 Å². The van der Waals surface area contributed by atoms with E-state index >= 15 is 0 Å². The van der Waals surface area contributed by atoms with E-state index in [4.69, 9.17) is 14.5 Å². The zero-order valence-electron chi connectivity index (χ0n) is 16.5. The molecule has 5 rings (SSSR count). The Bertz CT molecular complexity index is 959. The van der Waals surface area contributed by atoms with Crippen LogP contribution in [-0.2, 0) is 4.74 Å². The third kappa shape index (κ3) is 3.69. The minimum Gasteiger partial charge on any atom is -0.473 e. The van der Waals surface area contributed by atoms with Crippen LogP contribution in [0.3, 0.4) is 0 Å². The Morgan fingerprint density at radius 3 is 2.86 bits per heavy atom. The number of aromatic nitrogens is 5. The van der Waals surface area contributed by atoms with E-state index in [1.807, 2.05) is 24.4 Å². The molecule has 29 heavy (non-hydrogen) atoms. The molecule has 3 aromatic heterocycles. The second kappa shape index (κ2) is 7.82. The number of nitrogens with zero attached hydrogens (tertiary/aromatic N) is 6. The summed E-state index contributed by atoms with van der Waals surface area (Å²) in [4.78, 5) is 18.2. The number of morpholine rings is 1. The summed E-state index contributed by atoms with van der Waals surface area (Å²) in [5, 5.41) is 7.86. The third-order valence-corrected chi connectivity index (χ3v) is 5.68. The average Bonchev–Trinajstić information content (AvgIpc) is 3.30. The predicted octanol–water partition coefficient (Wildman–Crippen LogP) is 1.88. The van der Waals surface area contributed by atoms with Gasteiger partial charge < -0.3 is 19.3 Å². The van der Waals surface area contributed by atoms with Gasteiger partial charge in [0.05, 0.1) is 24.1 Å². The molecule has 0 spiro atoms. The Kier molecular flexibility index (Phi) is 4.89. The highest BCUT2D eigenvalue weighted by atomic mass is 16.5. The van der Waals surface area contributed by atoms with Gasteiger partial charge in [0.15, 0.2) is 0 Å². The molecule has 0 aromatic carbocycles. The molecule has 9 nitrogen and oxygen atoms in total. The lowest BCUT2D eigenvalue weighted by atomic mass is 9.96. The Hall–Kier alpha value is -2.94. The van der Waals surface area contributed by atoms with Crippen molar-refractivity contribution in [3.8, 4) is 5.88 Å². The van der Waals surface area contributed by atoms with Gasteiger partial charge in [0.2, 0.25) is 11.8 Å². The fourth-order valence-electron chi connectivity index (χ4n) is 4.06. The largest absolute Gasteiger partial charge is 0.473 e. The Labute approximate surface area is 169 Å². The van der Waals surface area contributed by atoms with Crippen LogP contribution in [0.5, 0.6) is 5.88 Å². The summed E-state index contributed by atoms with van der Waals surface area (Å²) in [7, 11) is 0. The van der Waals surface area contributed by atoms with Gasteiger partial charge in [-0.2, -0.15) is 15.1 Å². The van der Waals surface area contributed by atoms with Crippen LogP contribution in [0.1, 0.15) is 13.3 Å². The van der Waals surface area contributed by atoms with Gasteiger partial charge in [0.25, 0.3) is 0 Å². The van der Waals surface area contributed by atoms with Crippen molar-refractivity contribution in [2.24, 2.45) is 5.92 Å². The molecular formula is C20H25N7O2. The van der Waals surface area contributed by atoms with Crippen LogP contribution in [-0.4, -0.2) is 70.6 Å². The summed E-state index contributed by atoms with van der Waals surface area (Å²) in [5.41, 5.74) is 0.908. The number of hydrogen-bond donors (Lipinski definition) is 1. The summed E-state index contributed by atoms with van der Waals surface area (Å²) < 4.78 is 12.0. The fourth-order valence-corrected chi connectivity index (χ4v) is 4.06. The summed E-state index contributed by atoms with van der Waals surface area (Å²) in [5.74, 6) is 2.72. The minimum absolute atomic E-state index is 0.0880. The summed E-state index contributed by atoms with van der Waals surface area (Å²) >= 11 is 0. The molecule has 2 saturated heterocycles. The molecule has 2 fully saturated rings. The topological polar surface area (TPSA) is 92.3 Å². The minimum atomic E-state index is 0.0880. The number of anilines is 2. The van der Waals surface area contributed by atoms with Crippen molar-refractivity contribution in [3.05, 3.63) is 30.7 Å². The number of hydrogen-bond acceptors (Lipinski definition) is 8. The zero-order valence-corrected chi connectivity index (χ0v) is 16.5. The van der Waals surface area contributed by atoms with Gasteiger partial charge in [-0.3, -0.25) is 4.98 Å². The monoisotopic (exact) mass is 395 g/mol. The highest BCUT2D eigenvalue weighted by molar-refractivity contribution is 5.85. The summed E-state index contributed by atoms with van der Waals surface area (Å²) in [6.07, 6.45) is 4.34. The van der Waals surface area contributed by atoms with Crippen LogP contribution in [0.2, 0.25) is 0 Å². The lowest BCUT2D eigenvalue weighted by molar-refractivity contribution is 0.116. The number of rotatable bonds is 4. The lowest BCUT2D eigenvalue weighted by Crippen LogP contribution is -2.45. The van der Waals surface area contributed by atoms with Gasteiger partial charge in [0.1, 0.15) is 18.2 Å². The number of nitrogens with one attached hydrogen (secondary N) is 1. The van der Waals surface area contributed by atoms with Crippen LogP contribution < -0.4 is 14.5 Å². The molecule has 1 N–H and O–H groups in total. The number of H-pyrrole nitrogens is 1. The van der Waals surface area contributed by atoms with Crippen molar-refractivity contribution in [2.45, 2.75) is 19.4 Å². The second-order valence-corrected chi connectivity index (χ2v) is 7.63. The van der Waals surface area contributed by atoms with Gasteiger partial charge >= 0.3 is 0 Å². The molecular weight excluding hydrogens is 370 g/mol. The van der Waals surface area contributed by atoms with E-state index in [1.54, 1.807) is 6.33 Å². The average molecular weight is 395 g/mol. The number of aromatic amines is 1. The van der Waals surface area contributed by atoms with Gasteiger partial charge in [-0.25, -0.2) is 5.10 Å². The first kappa shape index (κ1) is 18.1. The molecule has 0 saturated carbocycles. The lowest BCUT2D eigenvalue weighted by Gasteiger charge is -2.36. The smallest absolute Gasteiger partial charge is 0.225 e. The van der Waals surface area contributed by atoms with Crippen molar-refractivity contribution < 1.29 is 9.47 Å². The van der Waals surface area contributed by atoms with E-state index in [2.05, 4.69) is 36.9 Å². The molecule has 3 aromatic rings. The molecule has 2 atom stereocenters. The van der Waals surface area contributed by atoms with E-state index in [0.717, 1.165) is 68.5 Å². The SMILES string of the molecule is CC1CN(c2ncn[nH]2)CCC1Oc1nc(N2CCOCC2)cc2ncccc12. The van der Waals surface area contributed by atoms with Crippen molar-refractivity contribution in [2.75, 3.05) is 49.2 Å². The Morgan fingerprint density at radius 1 is 1.17 bits per heavy atom. The van der Waals surface area contributed by atoms with Crippen molar-refractivity contribution in [1.82, 2.24) is 25.1 Å². The number of fused-ring (bicyclic) bond motifs is 1. The molecule has 0 amide bonds. The molecule has 152 valence electrons. The predicted molar refractivity (Wildman–Crippen MR) is 109 cm³/mol. The van der Waals surface area contributed by atoms with Crippen molar-refractivity contribution in [3.63, 3.8) is 0 Å². The first-order valence-electron chi connectivity index (χ1n) is 10.1.